The number of hydrogen-bond donors (Lipinski definition) is 2. The Morgan fingerprint density at radius 3 is 2.45 bits per heavy atom. The molecule has 0 aromatic heterocycles. The van der Waals surface area contributed by atoms with Crippen molar-refractivity contribution in [3.8, 4) is 0 Å². The first kappa shape index (κ1) is 15.8. The highest BCUT2D eigenvalue weighted by Gasteiger charge is 2.20. The third kappa shape index (κ3) is 2.86. The SMILES string of the molecule is CC.Nc1ccc(C2=CC(=O)c3cccc(N)c3C2)cc1F. The van der Waals surface area contributed by atoms with Gasteiger partial charge in [-0.25, -0.2) is 4.39 Å². The van der Waals surface area contributed by atoms with Crippen molar-refractivity contribution in [1.29, 1.82) is 0 Å². The summed E-state index contributed by atoms with van der Waals surface area (Å²) in [7, 11) is 0. The predicted molar refractivity (Wildman–Crippen MR) is 89.0 cm³/mol. The van der Waals surface area contributed by atoms with Crippen LogP contribution in [0.3, 0.4) is 0 Å². The molecule has 0 amide bonds. The quantitative estimate of drug-likeness (QED) is 0.786. The maximum Gasteiger partial charge on any atom is 0.186 e. The van der Waals surface area contributed by atoms with Crippen LogP contribution in [0.5, 0.6) is 0 Å². The molecule has 3 rings (SSSR count). The minimum Gasteiger partial charge on any atom is -0.398 e. The summed E-state index contributed by atoms with van der Waals surface area (Å²) in [6.45, 7) is 4.00. The van der Waals surface area contributed by atoms with E-state index in [0.29, 0.717) is 23.2 Å². The Hall–Kier alpha value is -2.62. The number of anilines is 2. The second-order valence-corrected chi connectivity index (χ2v) is 4.82. The fraction of sp³-hybridized carbons (Fsp3) is 0.167. The van der Waals surface area contributed by atoms with E-state index in [1.165, 1.54) is 18.2 Å². The molecule has 0 saturated heterocycles. The highest BCUT2D eigenvalue weighted by Crippen LogP contribution is 2.31. The standard InChI is InChI=1S/C16H13FN2O.C2H6/c17-13-7-9(4-5-15(13)19)10-6-12-11(16(20)8-10)2-1-3-14(12)18;1-2/h1-5,7-8H,6,18-19H2;1-2H3. The Balaban J connectivity index is 0.000000847. The van der Waals surface area contributed by atoms with Crippen molar-refractivity contribution in [1.82, 2.24) is 0 Å². The third-order valence-electron chi connectivity index (χ3n) is 3.52. The summed E-state index contributed by atoms with van der Waals surface area (Å²) in [6.07, 6.45) is 2.05. The van der Waals surface area contributed by atoms with Gasteiger partial charge in [-0.2, -0.15) is 0 Å². The van der Waals surface area contributed by atoms with Crippen molar-refractivity contribution in [3.05, 3.63) is 65.0 Å². The Kier molecular flexibility index (Phi) is 4.61. The van der Waals surface area contributed by atoms with Crippen LogP contribution >= 0.6 is 0 Å². The molecule has 4 heteroatoms. The molecule has 0 unspecified atom stereocenters. The molecule has 114 valence electrons. The zero-order valence-electron chi connectivity index (χ0n) is 12.7. The van der Waals surface area contributed by atoms with Crippen LogP contribution in [0.1, 0.15) is 35.3 Å². The number of fused-ring (bicyclic) bond motifs is 1. The van der Waals surface area contributed by atoms with E-state index >= 15 is 0 Å². The van der Waals surface area contributed by atoms with Crippen LogP contribution in [0, 0.1) is 5.82 Å². The van der Waals surface area contributed by atoms with E-state index < -0.39 is 5.82 Å². The molecule has 3 nitrogen and oxygen atoms in total. The van der Waals surface area contributed by atoms with Gasteiger partial charge in [-0.05, 0) is 41.0 Å². The average Bonchev–Trinajstić information content (AvgIpc) is 2.53. The Morgan fingerprint density at radius 1 is 1.05 bits per heavy atom. The van der Waals surface area contributed by atoms with Gasteiger partial charge >= 0.3 is 0 Å². The highest BCUT2D eigenvalue weighted by molar-refractivity contribution is 6.12. The smallest absolute Gasteiger partial charge is 0.186 e. The first-order valence-electron chi connectivity index (χ1n) is 7.24. The van der Waals surface area contributed by atoms with Crippen LogP contribution < -0.4 is 11.5 Å². The van der Waals surface area contributed by atoms with E-state index in [9.17, 15) is 9.18 Å². The molecule has 0 fully saturated rings. The lowest BCUT2D eigenvalue weighted by atomic mass is 9.86. The van der Waals surface area contributed by atoms with Gasteiger partial charge in [-0.1, -0.05) is 32.0 Å². The molecule has 0 spiro atoms. The predicted octanol–water partition coefficient (Wildman–Crippen LogP) is 3.84. The molecule has 0 saturated carbocycles. The number of halogens is 1. The van der Waals surface area contributed by atoms with E-state index in [1.807, 2.05) is 13.8 Å². The minimum absolute atomic E-state index is 0.0939. The van der Waals surface area contributed by atoms with Crippen molar-refractivity contribution in [2.24, 2.45) is 0 Å². The second-order valence-electron chi connectivity index (χ2n) is 4.82. The summed E-state index contributed by atoms with van der Waals surface area (Å²) in [5.41, 5.74) is 14.9. The Morgan fingerprint density at radius 2 is 1.77 bits per heavy atom. The normalized spacial score (nSPS) is 12.9. The van der Waals surface area contributed by atoms with Crippen molar-refractivity contribution < 1.29 is 9.18 Å². The number of benzene rings is 2. The molecule has 0 heterocycles. The number of hydrogen-bond acceptors (Lipinski definition) is 3. The van der Waals surface area contributed by atoms with Gasteiger partial charge in [0.05, 0.1) is 5.69 Å². The number of allylic oxidation sites excluding steroid dienone is 2. The summed E-state index contributed by atoms with van der Waals surface area (Å²) in [5.74, 6) is -0.589. The van der Waals surface area contributed by atoms with Gasteiger partial charge in [0.1, 0.15) is 5.82 Å². The molecule has 4 N–H and O–H groups in total. The highest BCUT2D eigenvalue weighted by atomic mass is 19.1. The number of nitrogens with two attached hydrogens (primary N) is 2. The van der Waals surface area contributed by atoms with Crippen molar-refractivity contribution in [3.63, 3.8) is 0 Å². The van der Waals surface area contributed by atoms with Gasteiger partial charge < -0.3 is 11.5 Å². The lowest BCUT2D eigenvalue weighted by molar-refractivity contribution is 0.104. The lowest BCUT2D eigenvalue weighted by Gasteiger charge is -2.18. The van der Waals surface area contributed by atoms with Crippen LogP contribution in [0.2, 0.25) is 0 Å². The number of carbonyl (C=O) groups is 1. The fourth-order valence-electron chi connectivity index (χ4n) is 2.42. The van der Waals surface area contributed by atoms with Crippen LogP contribution in [0.4, 0.5) is 15.8 Å². The van der Waals surface area contributed by atoms with Gasteiger partial charge in [0.15, 0.2) is 5.78 Å². The lowest BCUT2D eigenvalue weighted by Crippen LogP contribution is -2.11. The van der Waals surface area contributed by atoms with E-state index in [4.69, 9.17) is 11.5 Å². The summed E-state index contributed by atoms with van der Waals surface area (Å²) in [4.78, 5) is 12.1. The number of rotatable bonds is 1. The van der Waals surface area contributed by atoms with E-state index in [2.05, 4.69) is 0 Å². The van der Waals surface area contributed by atoms with Gasteiger partial charge in [-0.3, -0.25) is 4.79 Å². The third-order valence-corrected chi connectivity index (χ3v) is 3.52. The summed E-state index contributed by atoms with van der Waals surface area (Å²) in [5, 5.41) is 0. The zero-order valence-corrected chi connectivity index (χ0v) is 12.7. The van der Waals surface area contributed by atoms with Crippen molar-refractivity contribution >= 4 is 22.7 Å². The molecule has 1 aliphatic rings. The maximum atomic E-state index is 13.5. The molecular weight excluding hydrogens is 279 g/mol. The van der Waals surface area contributed by atoms with Gasteiger partial charge in [0, 0.05) is 17.7 Å². The van der Waals surface area contributed by atoms with E-state index in [1.54, 1.807) is 24.3 Å². The molecule has 0 radical (unpaired) electrons. The van der Waals surface area contributed by atoms with Crippen LogP contribution in [-0.4, -0.2) is 5.78 Å². The fourth-order valence-corrected chi connectivity index (χ4v) is 2.42. The second kappa shape index (κ2) is 6.43. The Bertz CT molecular complexity index is 751. The average molecular weight is 298 g/mol. The molecule has 2 aromatic rings. The van der Waals surface area contributed by atoms with Crippen LogP contribution in [-0.2, 0) is 6.42 Å². The van der Waals surface area contributed by atoms with Crippen molar-refractivity contribution in [2.75, 3.05) is 11.5 Å². The van der Waals surface area contributed by atoms with Gasteiger partial charge in [0.25, 0.3) is 0 Å². The van der Waals surface area contributed by atoms with Crippen LogP contribution in [0.15, 0.2) is 42.5 Å². The number of carbonyl (C=O) groups excluding carboxylic acids is 1. The summed E-state index contributed by atoms with van der Waals surface area (Å²) >= 11 is 0. The molecule has 0 aliphatic heterocycles. The zero-order chi connectivity index (χ0) is 16.3. The molecule has 2 aromatic carbocycles. The van der Waals surface area contributed by atoms with E-state index in [-0.39, 0.29) is 11.5 Å². The maximum absolute atomic E-state index is 13.5. The molecule has 0 atom stereocenters. The summed E-state index contributed by atoms with van der Waals surface area (Å²) in [6, 6.07) is 9.83. The van der Waals surface area contributed by atoms with Gasteiger partial charge in [-0.15, -0.1) is 0 Å². The topological polar surface area (TPSA) is 69.1 Å². The molecule has 1 aliphatic carbocycles. The molecule has 0 bridgehead atoms. The number of ketones is 1. The molecule has 22 heavy (non-hydrogen) atoms. The Labute approximate surface area is 129 Å². The first-order valence-corrected chi connectivity index (χ1v) is 7.24. The van der Waals surface area contributed by atoms with E-state index in [0.717, 1.165) is 11.1 Å². The largest absolute Gasteiger partial charge is 0.398 e. The van der Waals surface area contributed by atoms with Crippen LogP contribution in [0.25, 0.3) is 5.57 Å². The number of nitrogen functional groups attached to an aromatic ring is 2. The van der Waals surface area contributed by atoms with Crippen molar-refractivity contribution in [2.45, 2.75) is 20.3 Å². The monoisotopic (exact) mass is 298 g/mol. The summed E-state index contributed by atoms with van der Waals surface area (Å²) < 4.78 is 13.5. The first-order chi connectivity index (χ1) is 10.6. The minimum atomic E-state index is -0.484. The van der Waals surface area contributed by atoms with Gasteiger partial charge in [0.2, 0.25) is 0 Å². The molecular formula is C18H19FN2O.